The molecule has 0 bridgehead atoms. The highest BCUT2D eigenvalue weighted by atomic mass is 32.1. The number of amides is 1. The van der Waals surface area contributed by atoms with Gasteiger partial charge in [-0.3, -0.25) is 14.5 Å². The van der Waals surface area contributed by atoms with Crippen LogP contribution >= 0.6 is 11.3 Å². The Balaban J connectivity index is 1.67. The number of methoxy groups -OCH3 is 1. The quantitative estimate of drug-likeness (QED) is 0.768. The third-order valence-corrected chi connectivity index (χ3v) is 6.94. The topological polar surface area (TPSA) is 68.7 Å². The second-order valence-electron chi connectivity index (χ2n) is 7.92. The maximum absolute atomic E-state index is 13.7. The van der Waals surface area contributed by atoms with Crippen molar-refractivity contribution in [3.05, 3.63) is 52.7 Å². The highest BCUT2D eigenvalue weighted by molar-refractivity contribution is 7.13. The number of aromatic nitrogens is 1. The van der Waals surface area contributed by atoms with Crippen LogP contribution in [0.15, 0.2) is 47.2 Å². The molecule has 3 aliphatic rings. The highest BCUT2D eigenvalue weighted by Gasteiger charge is 2.54. The molecule has 1 aromatic heterocycles. The molecule has 29 heavy (non-hydrogen) atoms. The van der Waals surface area contributed by atoms with Gasteiger partial charge in [-0.25, -0.2) is 4.98 Å². The second-order valence-corrected chi connectivity index (χ2v) is 8.80. The molecule has 2 aliphatic heterocycles. The standard InChI is InChI=1S/C22H22N2O4S/c1-12-7-8-16-14(11-12)19(25)17-18(13-5-3-4-6-15(13)27-2)24(21(26)20(17)28-16)22-23-9-10-29-22/h3-6,9-10,12,14,16,18H,7-8,11H2,1-2H3. The van der Waals surface area contributed by atoms with E-state index < -0.39 is 6.04 Å². The summed E-state index contributed by atoms with van der Waals surface area (Å²) in [6.45, 7) is 2.17. The number of hydrogen-bond acceptors (Lipinski definition) is 6. The Morgan fingerprint density at radius 2 is 2.07 bits per heavy atom. The molecule has 1 fully saturated rings. The fraction of sp³-hybridized carbons (Fsp3) is 0.409. The first-order valence-electron chi connectivity index (χ1n) is 9.91. The van der Waals surface area contributed by atoms with E-state index in [4.69, 9.17) is 9.47 Å². The number of Topliss-reactive ketones (excluding diaryl/α,β-unsaturated/α-hetero) is 1. The van der Waals surface area contributed by atoms with Crippen LogP contribution < -0.4 is 9.64 Å². The Hall–Kier alpha value is -2.67. The Bertz CT molecular complexity index is 1000. The number of benzene rings is 1. The zero-order valence-corrected chi connectivity index (χ0v) is 17.1. The number of nitrogens with zero attached hydrogens (tertiary/aromatic N) is 2. The third kappa shape index (κ3) is 2.79. The number of carbonyl (C=O) groups excluding carboxylic acids is 2. The molecule has 7 heteroatoms. The normalized spacial score (nSPS) is 28.8. The van der Waals surface area contributed by atoms with Crippen molar-refractivity contribution in [2.75, 3.05) is 12.0 Å². The number of fused-ring (bicyclic) bond motifs is 1. The van der Waals surface area contributed by atoms with E-state index in [1.807, 2.05) is 29.6 Å². The Morgan fingerprint density at radius 3 is 2.83 bits per heavy atom. The van der Waals surface area contributed by atoms with Crippen LogP contribution in [-0.4, -0.2) is 29.9 Å². The van der Waals surface area contributed by atoms with Gasteiger partial charge in [0, 0.05) is 17.1 Å². The summed E-state index contributed by atoms with van der Waals surface area (Å²) in [7, 11) is 1.59. The molecule has 3 heterocycles. The van der Waals surface area contributed by atoms with Crippen molar-refractivity contribution in [1.82, 2.24) is 4.98 Å². The highest BCUT2D eigenvalue weighted by Crippen LogP contribution is 2.50. The van der Waals surface area contributed by atoms with Crippen LogP contribution in [0.4, 0.5) is 5.13 Å². The van der Waals surface area contributed by atoms with Crippen molar-refractivity contribution < 1.29 is 19.1 Å². The molecular formula is C22H22N2O4S. The van der Waals surface area contributed by atoms with Gasteiger partial charge >= 0.3 is 0 Å². The summed E-state index contributed by atoms with van der Waals surface area (Å²) in [6.07, 6.45) is 4.06. The molecular weight excluding hydrogens is 388 g/mol. The van der Waals surface area contributed by atoms with Crippen molar-refractivity contribution >= 4 is 28.2 Å². The zero-order chi connectivity index (χ0) is 20.1. The third-order valence-electron chi connectivity index (χ3n) is 6.17. The van der Waals surface area contributed by atoms with Gasteiger partial charge in [0.25, 0.3) is 5.91 Å². The second kappa shape index (κ2) is 6.99. The fourth-order valence-electron chi connectivity index (χ4n) is 4.80. The van der Waals surface area contributed by atoms with Gasteiger partial charge in [0.15, 0.2) is 16.7 Å². The predicted octanol–water partition coefficient (Wildman–Crippen LogP) is 3.90. The summed E-state index contributed by atoms with van der Waals surface area (Å²) < 4.78 is 11.8. The van der Waals surface area contributed by atoms with Gasteiger partial charge in [-0.15, -0.1) is 11.3 Å². The van der Waals surface area contributed by atoms with Gasteiger partial charge in [-0.2, -0.15) is 0 Å². The number of carbonyl (C=O) groups is 2. The van der Waals surface area contributed by atoms with Crippen LogP contribution in [0.1, 0.15) is 37.8 Å². The first-order valence-corrected chi connectivity index (χ1v) is 10.8. The van der Waals surface area contributed by atoms with Crippen LogP contribution in [0.5, 0.6) is 5.75 Å². The van der Waals surface area contributed by atoms with Crippen molar-refractivity contribution in [3.63, 3.8) is 0 Å². The van der Waals surface area contributed by atoms with Crippen molar-refractivity contribution in [1.29, 1.82) is 0 Å². The Labute approximate surface area is 173 Å². The van der Waals surface area contributed by atoms with Crippen molar-refractivity contribution in [2.45, 2.75) is 38.3 Å². The minimum absolute atomic E-state index is 0.0334. The van der Waals surface area contributed by atoms with Gasteiger partial charge in [0.2, 0.25) is 0 Å². The maximum Gasteiger partial charge on any atom is 0.296 e. The van der Waals surface area contributed by atoms with E-state index in [2.05, 4.69) is 11.9 Å². The molecule has 1 aromatic carbocycles. The number of rotatable bonds is 3. The lowest BCUT2D eigenvalue weighted by molar-refractivity contribution is -0.132. The number of ketones is 1. The van der Waals surface area contributed by atoms with E-state index in [0.717, 1.165) is 24.8 Å². The summed E-state index contributed by atoms with van der Waals surface area (Å²) in [4.78, 5) is 33.0. The monoisotopic (exact) mass is 410 g/mol. The average molecular weight is 410 g/mol. The van der Waals surface area contributed by atoms with E-state index in [1.54, 1.807) is 18.2 Å². The number of anilines is 1. The van der Waals surface area contributed by atoms with E-state index >= 15 is 0 Å². The minimum atomic E-state index is -0.592. The first kappa shape index (κ1) is 18.4. The average Bonchev–Trinajstić information content (AvgIpc) is 3.35. The lowest BCUT2D eigenvalue weighted by atomic mass is 9.74. The minimum Gasteiger partial charge on any atom is -0.496 e. The molecule has 1 amide bonds. The first-order chi connectivity index (χ1) is 14.1. The lowest BCUT2D eigenvalue weighted by Crippen LogP contribution is -2.41. The fourth-order valence-corrected chi connectivity index (χ4v) is 5.46. The molecule has 0 spiro atoms. The molecule has 0 N–H and O–H groups in total. The molecule has 1 saturated carbocycles. The Morgan fingerprint density at radius 1 is 1.24 bits per heavy atom. The van der Waals surface area contributed by atoms with E-state index in [-0.39, 0.29) is 29.5 Å². The molecule has 6 nitrogen and oxygen atoms in total. The number of ether oxygens (including phenoxy) is 2. The van der Waals surface area contributed by atoms with E-state index in [0.29, 0.717) is 22.4 Å². The maximum atomic E-state index is 13.7. The predicted molar refractivity (Wildman–Crippen MR) is 109 cm³/mol. The molecule has 0 saturated heterocycles. The molecule has 2 aromatic rings. The summed E-state index contributed by atoms with van der Waals surface area (Å²) in [5.41, 5.74) is 1.22. The molecule has 0 radical (unpaired) electrons. The SMILES string of the molecule is COc1ccccc1C1C2=C(OC3CCC(C)CC3C2=O)C(=O)N1c1nccs1. The smallest absolute Gasteiger partial charge is 0.296 e. The molecule has 150 valence electrons. The number of hydrogen-bond donors (Lipinski definition) is 0. The molecule has 4 unspecified atom stereocenters. The summed E-state index contributed by atoms with van der Waals surface area (Å²) in [5, 5.41) is 2.37. The number of thiazole rings is 1. The number of para-hydroxylation sites is 1. The zero-order valence-electron chi connectivity index (χ0n) is 16.3. The van der Waals surface area contributed by atoms with Gasteiger partial charge < -0.3 is 9.47 Å². The van der Waals surface area contributed by atoms with Crippen molar-refractivity contribution in [2.24, 2.45) is 11.8 Å². The van der Waals surface area contributed by atoms with Gasteiger partial charge in [0.1, 0.15) is 17.9 Å². The molecule has 5 rings (SSSR count). The van der Waals surface area contributed by atoms with Gasteiger partial charge in [-0.05, 0) is 31.2 Å². The molecule has 1 aliphatic carbocycles. The summed E-state index contributed by atoms with van der Waals surface area (Å²) in [6, 6.07) is 6.92. The van der Waals surface area contributed by atoms with Crippen LogP contribution in [0.25, 0.3) is 0 Å². The van der Waals surface area contributed by atoms with Crippen LogP contribution in [0.3, 0.4) is 0 Å². The summed E-state index contributed by atoms with van der Waals surface area (Å²) in [5.74, 6) is 0.841. The Kier molecular flexibility index (Phi) is 4.42. The van der Waals surface area contributed by atoms with Gasteiger partial charge in [0.05, 0.1) is 18.6 Å². The van der Waals surface area contributed by atoms with Crippen LogP contribution in [-0.2, 0) is 14.3 Å². The largest absolute Gasteiger partial charge is 0.496 e. The lowest BCUT2D eigenvalue weighted by Gasteiger charge is -2.37. The van der Waals surface area contributed by atoms with Crippen LogP contribution in [0, 0.1) is 11.8 Å². The van der Waals surface area contributed by atoms with Crippen molar-refractivity contribution in [3.8, 4) is 5.75 Å². The molecule has 4 atom stereocenters. The van der Waals surface area contributed by atoms with Crippen LogP contribution in [0.2, 0.25) is 0 Å². The van der Waals surface area contributed by atoms with Gasteiger partial charge in [-0.1, -0.05) is 25.1 Å². The van der Waals surface area contributed by atoms with E-state index in [1.165, 1.54) is 11.3 Å². The summed E-state index contributed by atoms with van der Waals surface area (Å²) >= 11 is 1.37. The van der Waals surface area contributed by atoms with E-state index in [9.17, 15) is 9.59 Å².